The largest absolute Gasteiger partial charge is 0.457 e. The molecule has 3 aromatic rings. The van der Waals surface area contributed by atoms with E-state index in [1.54, 1.807) is 12.1 Å². The van der Waals surface area contributed by atoms with Crippen molar-refractivity contribution in [3.8, 4) is 11.3 Å². The van der Waals surface area contributed by atoms with Gasteiger partial charge in [0.2, 0.25) is 0 Å². The van der Waals surface area contributed by atoms with Crippen molar-refractivity contribution < 1.29 is 13.9 Å². The van der Waals surface area contributed by atoms with E-state index in [0.29, 0.717) is 22.1 Å². The van der Waals surface area contributed by atoms with Crippen molar-refractivity contribution in [2.45, 2.75) is 0 Å². The number of carbonyl (C=O) groups excluding carboxylic acids is 1. The lowest BCUT2D eigenvalue weighted by Gasteiger charge is -1.98. The first-order valence-electron chi connectivity index (χ1n) is 7.10. The fraction of sp³-hybridized carbons (Fsp3) is 0. The molecule has 0 atom stereocenters. The van der Waals surface area contributed by atoms with E-state index in [1.807, 2.05) is 54.6 Å². The first-order valence-corrected chi connectivity index (χ1v) is 7.47. The molecule has 4 rings (SSSR count). The monoisotopic (exact) mass is 322 g/mol. The average molecular weight is 323 g/mol. The summed E-state index contributed by atoms with van der Waals surface area (Å²) in [5.74, 6) is 1.51. The summed E-state index contributed by atoms with van der Waals surface area (Å²) in [4.78, 5) is 11.8. The van der Waals surface area contributed by atoms with Crippen molar-refractivity contribution >= 4 is 29.4 Å². The molecule has 2 aromatic carbocycles. The van der Waals surface area contributed by atoms with E-state index in [9.17, 15) is 4.79 Å². The summed E-state index contributed by atoms with van der Waals surface area (Å²) in [6.45, 7) is 0. The Balaban J connectivity index is 1.68. The normalized spacial score (nSPS) is 14.8. The molecule has 0 saturated heterocycles. The van der Waals surface area contributed by atoms with Crippen LogP contribution in [0.15, 0.2) is 65.1 Å². The van der Waals surface area contributed by atoms with Gasteiger partial charge < -0.3 is 9.15 Å². The highest BCUT2D eigenvalue weighted by atomic mass is 35.5. The number of carbonyl (C=O) groups is 1. The zero-order valence-corrected chi connectivity index (χ0v) is 12.7. The topological polar surface area (TPSA) is 39.4 Å². The molecule has 0 amide bonds. The van der Waals surface area contributed by atoms with E-state index >= 15 is 0 Å². The van der Waals surface area contributed by atoms with Crippen molar-refractivity contribution in [1.29, 1.82) is 0 Å². The molecule has 2 heterocycles. The molecule has 1 aliphatic rings. The molecule has 0 saturated carbocycles. The van der Waals surface area contributed by atoms with Crippen molar-refractivity contribution in [3.05, 3.63) is 82.6 Å². The van der Waals surface area contributed by atoms with Crippen LogP contribution in [0.1, 0.15) is 21.7 Å². The maximum Gasteiger partial charge on any atom is 0.344 e. The summed E-state index contributed by atoms with van der Waals surface area (Å²) in [5.41, 5.74) is 2.29. The second kappa shape index (κ2) is 5.45. The minimum absolute atomic E-state index is 0.337. The molecule has 1 aromatic heterocycles. The van der Waals surface area contributed by atoms with Gasteiger partial charge in [0.25, 0.3) is 0 Å². The molecular weight excluding hydrogens is 312 g/mol. The highest BCUT2D eigenvalue weighted by Crippen LogP contribution is 2.32. The quantitative estimate of drug-likeness (QED) is 0.603. The molecule has 0 spiro atoms. The number of rotatable bonds is 2. The Morgan fingerprint density at radius 2 is 1.61 bits per heavy atom. The Labute approximate surface area is 137 Å². The summed E-state index contributed by atoms with van der Waals surface area (Å²) >= 11 is 5.89. The van der Waals surface area contributed by atoms with Gasteiger partial charge in [-0.15, -0.1) is 0 Å². The van der Waals surface area contributed by atoms with Crippen LogP contribution in [0, 0.1) is 0 Å². The Morgan fingerprint density at radius 3 is 2.39 bits per heavy atom. The molecule has 3 nitrogen and oxygen atoms in total. The zero-order valence-electron chi connectivity index (χ0n) is 12.0. The second-order valence-electron chi connectivity index (χ2n) is 5.15. The van der Waals surface area contributed by atoms with E-state index in [4.69, 9.17) is 20.8 Å². The molecule has 1 aliphatic heterocycles. The number of fused-ring (bicyclic) bond motifs is 1. The van der Waals surface area contributed by atoms with Crippen LogP contribution in [0.3, 0.4) is 0 Å². The lowest BCUT2D eigenvalue weighted by molar-refractivity contribution is 0.0717. The van der Waals surface area contributed by atoms with Crippen molar-refractivity contribution in [2.24, 2.45) is 0 Å². The van der Waals surface area contributed by atoms with E-state index in [-0.39, 0.29) is 5.97 Å². The highest BCUT2D eigenvalue weighted by Gasteiger charge is 2.25. The molecule has 0 aliphatic carbocycles. The Morgan fingerprint density at radius 1 is 0.870 bits per heavy atom. The maximum absolute atomic E-state index is 11.8. The Hall–Kier alpha value is -2.78. The lowest BCUT2D eigenvalue weighted by Crippen LogP contribution is -1.92. The van der Waals surface area contributed by atoms with Crippen LogP contribution in [0.25, 0.3) is 23.2 Å². The van der Waals surface area contributed by atoms with Crippen LogP contribution in [-0.2, 0) is 4.74 Å². The molecule has 0 N–H and O–H groups in total. The maximum atomic E-state index is 11.8. The van der Waals surface area contributed by atoms with Crippen LogP contribution >= 0.6 is 11.6 Å². The fourth-order valence-electron chi connectivity index (χ4n) is 2.52. The predicted molar refractivity (Wildman–Crippen MR) is 88.9 cm³/mol. The molecular formula is C19H11ClO3. The van der Waals surface area contributed by atoms with Crippen LogP contribution in [0.5, 0.6) is 0 Å². The Kier molecular flexibility index (Phi) is 3.28. The summed E-state index contributed by atoms with van der Waals surface area (Å²) in [6, 6.07) is 18.4. The molecule has 0 fully saturated rings. The van der Waals surface area contributed by atoms with Crippen molar-refractivity contribution in [3.63, 3.8) is 0 Å². The average Bonchev–Trinajstić information content (AvgIpc) is 3.15. The number of cyclic esters (lactones) is 1. The SMILES string of the molecule is O=C1O/C(=C\c2ccc(-c3ccc(Cl)cc3)o2)c2ccccc21. The summed E-state index contributed by atoms with van der Waals surface area (Å²) < 4.78 is 11.1. The standard InChI is InChI=1S/C19H11ClO3/c20-13-7-5-12(6-8-13)17-10-9-14(22-17)11-18-15-3-1-2-4-16(15)19(21)23-18/h1-11H/b18-11-. The van der Waals surface area contributed by atoms with Gasteiger partial charge in [0.15, 0.2) is 0 Å². The van der Waals surface area contributed by atoms with Gasteiger partial charge in [-0.25, -0.2) is 4.79 Å². The van der Waals surface area contributed by atoms with Gasteiger partial charge in [0.1, 0.15) is 17.3 Å². The smallest absolute Gasteiger partial charge is 0.344 e. The summed E-state index contributed by atoms with van der Waals surface area (Å²) in [5, 5.41) is 0.678. The van der Waals surface area contributed by atoms with Gasteiger partial charge in [0, 0.05) is 22.2 Å². The zero-order chi connectivity index (χ0) is 15.8. The molecule has 4 heteroatoms. The minimum atomic E-state index is -0.337. The van der Waals surface area contributed by atoms with Gasteiger partial charge >= 0.3 is 5.97 Å². The first-order chi connectivity index (χ1) is 11.2. The van der Waals surface area contributed by atoms with Gasteiger partial charge in [-0.1, -0.05) is 29.8 Å². The van der Waals surface area contributed by atoms with Gasteiger partial charge in [0.05, 0.1) is 5.56 Å². The van der Waals surface area contributed by atoms with Crippen LogP contribution < -0.4 is 0 Å². The van der Waals surface area contributed by atoms with Crippen LogP contribution in [0.4, 0.5) is 0 Å². The second-order valence-corrected chi connectivity index (χ2v) is 5.59. The van der Waals surface area contributed by atoms with E-state index in [2.05, 4.69) is 0 Å². The number of esters is 1. The van der Waals surface area contributed by atoms with Gasteiger partial charge in [-0.05, 0) is 42.5 Å². The Bertz CT molecular complexity index is 920. The number of hydrogen-bond acceptors (Lipinski definition) is 3. The van der Waals surface area contributed by atoms with Gasteiger partial charge in [-0.2, -0.15) is 0 Å². The third-order valence-electron chi connectivity index (χ3n) is 3.64. The number of hydrogen-bond donors (Lipinski definition) is 0. The molecule has 0 bridgehead atoms. The van der Waals surface area contributed by atoms with E-state index in [1.165, 1.54) is 0 Å². The summed E-state index contributed by atoms with van der Waals surface area (Å²) in [6.07, 6.45) is 1.73. The highest BCUT2D eigenvalue weighted by molar-refractivity contribution is 6.30. The first kappa shape index (κ1) is 13.9. The van der Waals surface area contributed by atoms with E-state index < -0.39 is 0 Å². The number of ether oxygens (including phenoxy) is 1. The van der Waals surface area contributed by atoms with Crippen LogP contribution in [0.2, 0.25) is 5.02 Å². The van der Waals surface area contributed by atoms with Gasteiger partial charge in [-0.3, -0.25) is 0 Å². The lowest BCUT2D eigenvalue weighted by atomic mass is 10.1. The van der Waals surface area contributed by atoms with Crippen LogP contribution in [-0.4, -0.2) is 5.97 Å². The molecule has 0 radical (unpaired) electrons. The third kappa shape index (κ3) is 2.56. The summed E-state index contributed by atoms with van der Waals surface area (Å²) in [7, 11) is 0. The molecule has 112 valence electrons. The fourth-order valence-corrected chi connectivity index (χ4v) is 2.65. The predicted octanol–water partition coefficient (Wildman–Crippen LogP) is 5.27. The number of halogens is 1. The van der Waals surface area contributed by atoms with Crippen molar-refractivity contribution in [2.75, 3.05) is 0 Å². The van der Waals surface area contributed by atoms with Crippen molar-refractivity contribution in [1.82, 2.24) is 0 Å². The molecule has 0 unspecified atom stereocenters. The minimum Gasteiger partial charge on any atom is -0.457 e. The third-order valence-corrected chi connectivity index (χ3v) is 3.90. The van der Waals surface area contributed by atoms with E-state index in [0.717, 1.165) is 16.9 Å². The number of benzene rings is 2. The number of furan rings is 1. The molecule has 23 heavy (non-hydrogen) atoms.